The Bertz CT molecular complexity index is 621. The molecule has 22 heavy (non-hydrogen) atoms. The third-order valence-electron chi connectivity index (χ3n) is 4.40. The molecule has 2 aliphatic rings. The zero-order chi connectivity index (χ0) is 15.1. The van der Waals surface area contributed by atoms with Crippen molar-refractivity contribution in [3.8, 4) is 0 Å². The Labute approximate surface area is 130 Å². The van der Waals surface area contributed by atoms with Gasteiger partial charge in [0.1, 0.15) is 0 Å². The van der Waals surface area contributed by atoms with E-state index in [1.54, 1.807) is 0 Å². The van der Waals surface area contributed by atoms with Gasteiger partial charge >= 0.3 is 0 Å². The number of fused-ring (bicyclic) bond motifs is 2. The molecule has 0 fully saturated rings. The molecule has 2 heterocycles. The maximum Gasteiger partial charge on any atom is 0.218 e. The molecule has 0 amide bonds. The highest BCUT2D eigenvalue weighted by Crippen LogP contribution is 2.29. The molecule has 2 aromatic carbocycles. The smallest absolute Gasteiger partial charge is 0.218 e. The van der Waals surface area contributed by atoms with Gasteiger partial charge in [0.2, 0.25) is 5.96 Å². The van der Waals surface area contributed by atoms with Crippen molar-refractivity contribution < 1.29 is 0 Å². The van der Waals surface area contributed by atoms with Crippen molar-refractivity contribution in [1.29, 1.82) is 5.41 Å². The number of nitrogens with zero attached hydrogens (tertiary/aromatic N) is 3. The van der Waals surface area contributed by atoms with E-state index < -0.39 is 0 Å². The second-order valence-corrected chi connectivity index (χ2v) is 5.86. The zero-order valence-electron chi connectivity index (χ0n) is 12.4. The van der Waals surface area contributed by atoms with Gasteiger partial charge in [-0.25, -0.2) is 5.12 Å². The van der Waals surface area contributed by atoms with Gasteiger partial charge in [-0.3, -0.25) is 5.41 Å². The maximum absolute atomic E-state index is 8.02. The third kappa shape index (κ3) is 2.15. The first-order valence-electron chi connectivity index (χ1n) is 7.50. The van der Waals surface area contributed by atoms with Crippen molar-refractivity contribution in [2.24, 2.45) is 5.73 Å². The average molecular weight is 293 g/mol. The fourth-order valence-corrected chi connectivity index (χ4v) is 3.38. The highest BCUT2D eigenvalue weighted by Gasteiger charge is 2.32. The minimum atomic E-state index is 0.0700. The highest BCUT2D eigenvalue weighted by atomic mass is 15.9. The van der Waals surface area contributed by atoms with E-state index in [0.717, 1.165) is 26.2 Å². The normalized spacial score (nSPS) is 17.3. The van der Waals surface area contributed by atoms with E-state index in [4.69, 9.17) is 11.1 Å². The lowest BCUT2D eigenvalue weighted by Crippen LogP contribution is -2.54. The van der Waals surface area contributed by atoms with Gasteiger partial charge in [-0.1, -0.05) is 48.5 Å². The summed E-state index contributed by atoms with van der Waals surface area (Å²) in [6, 6.07) is 16.8. The Morgan fingerprint density at radius 1 is 0.773 bits per heavy atom. The number of rotatable bonds is 2. The molecule has 0 bridgehead atoms. The van der Waals surface area contributed by atoms with E-state index in [1.165, 1.54) is 22.3 Å². The summed E-state index contributed by atoms with van der Waals surface area (Å²) in [6.07, 6.45) is 0. The minimum Gasteiger partial charge on any atom is -0.368 e. The van der Waals surface area contributed by atoms with Crippen molar-refractivity contribution in [1.82, 2.24) is 15.1 Å². The molecule has 0 aliphatic carbocycles. The van der Waals surface area contributed by atoms with Crippen LogP contribution in [0.2, 0.25) is 0 Å². The highest BCUT2D eigenvalue weighted by molar-refractivity contribution is 5.73. The average Bonchev–Trinajstić information content (AvgIpc) is 3.09. The minimum absolute atomic E-state index is 0.0700. The second-order valence-electron chi connectivity index (χ2n) is 5.86. The van der Waals surface area contributed by atoms with Gasteiger partial charge in [0.15, 0.2) is 0 Å². The monoisotopic (exact) mass is 293 g/mol. The van der Waals surface area contributed by atoms with Crippen molar-refractivity contribution in [3.05, 3.63) is 70.8 Å². The quantitative estimate of drug-likeness (QED) is 0.657. The second kappa shape index (κ2) is 5.12. The standard InChI is InChI=1S/C17H19N5/c18-17(19)22(20-9-13-5-1-2-6-14(13)10-20)21-11-15-7-3-4-8-16(15)12-21/h1-8H,9-12H2,(H3,18,19). The Hall–Kier alpha value is -2.37. The molecule has 2 aliphatic heterocycles. The van der Waals surface area contributed by atoms with Gasteiger partial charge in [0.05, 0.1) is 0 Å². The Balaban J connectivity index is 1.58. The number of hydrogen-bond acceptors (Lipinski definition) is 3. The molecule has 3 N–H and O–H groups in total. The van der Waals surface area contributed by atoms with Crippen LogP contribution in [0.3, 0.4) is 0 Å². The maximum atomic E-state index is 8.02. The summed E-state index contributed by atoms with van der Waals surface area (Å²) in [7, 11) is 0. The molecule has 0 atom stereocenters. The summed E-state index contributed by atoms with van der Waals surface area (Å²) < 4.78 is 0. The number of benzene rings is 2. The fraction of sp³-hybridized carbons (Fsp3) is 0.235. The van der Waals surface area contributed by atoms with E-state index in [9.17, 15) is 0 Å². The Morgan fingerprint density at radius 2 is 1.09 bits per heavy atom. The van der Waals surface area contributed by atoms with Crippen LogP contribution in [-0.2, 0) is 26.2 Å². The SMILES string of the molecule is N=C(N)N(N1Cc2ccccc2C1)N1Cc2ccccc2C1. The summed E-state index contributed by atoms with van der Waals surface area (Å²) in [6.45, 7) is 3.18. The third-order valence-corrected chi connectivity index (χ3v) is 4.40. The molecule has 4 rings (SSSR count). The van der Waals surface area contributed by atoms with Crippen LogP contribution < -0.4 is 5.73 Å². The van der Waals surface area contributed by atoms with E-state index in [2.05, 4.69) is 58.5 Å². The predicted octanol–water partition coefficient (Wildman–Crippen LogP) is 2.04. The molecular weight excluding hydrogens is 274 g/mol. The van der Waals surface area contributed by atoms with E-state index in [1.807, 2.05) is 5.12 Å². The summed E-state index contributed by atoms with van der Waals surface area (Å²) in [5.74, 6) is 0.0700. The Kier molecular flexibility index (Phi) is 3.10. The molecule has 0 saturated carbocycles. The lowest BCUT2D eigenvalue weighted by molar-refractivity contribution is -0.137. The van der Waals surface area contributed by atoms with Crippen LogP contribution in [0.1, 0.15) is 22.3 Å². The van der Waals surface area contributed by atoms with E-state index in [-0.39, 0.29) is 5.96 Å². The van der Waals surface area contributed by atoms with Crippen molar-refractivity contribution in [2.75, 3.05) is 0 Å². The number of nitrogens with one attached hydrogen (secondary N) is 1. The van der Waals surface area contributed by atoms with Crippen LogP contribution in [0, 0.1) is 5.41 Å². The van der Waals surface area contributed by atoms with Crippen LogP contribution in [-0.4, -0.2) is 21.1 Å². The topological polar surface area (TPSA) is 59.6 Å². The van der Waals surface area contributed by atoms with Gasteiger partial charge in [-0.05, 0) is 22.3 Å². The molecule has 0 radical (unpaired) electrons. The van der Waals surface area contributed by atoms with E-state index >= 15 is 0 Å². The predicted molar refractivity (Wildman–Crippen MR) is 85.1 cm³/mol. The van der Waals surface area contributed by atoms with Gasteiger partial charge in [-0.15, -0.1) is 0 Å². The lowest BCUT2D eigenvalue weighted by atomic mass is 10.1. The van der Waals surface area contributed by atoms with Gasteiger partial charge in [-0.2, -0.15) is 10.0 Å². The van der Waals surface area contributed by atoms with Crippen LogP contribution in [0.15, 0.2) is 48.5 Å². The first kappa shape index (κ1) is 13.3. The van der Waals surface area contributed by atoms with E-state index in [0.29, 0.717) is 0 Å². The van der Waals surface area contributed by atoms with Gasteiger partial charge in [0, 0.05) is 26.2 Å². The van der Waals surface area contributed by atoms with Crippen LogP contribution >= 0.6 is 0 Å². The Morgan fingerprint density at radius 3 is 1.36 bits per heavy atom. The first-order chi connectivity index (χ1) is 10.7. The largest absolute Gasteiger partial charge is 0.368 e. The first-order valence-corrected chi connectivity index (χ1v) is 7.50. The molecule has 0 unspecified atom stereocenters. The molecule has 2 aromatic rings. The van der Waals surface area contributed by atoms with Gasteiger partial charge in [0.25, 0.3) is 0 Å². The number of nitrogens with two attached hydrogens (primary N) is 1. The molecule has 5 nitrogen and oxygen atoms in total. The number of hydrazine groups is 2. The van der Waals surface area contributed by atoms with Crippen molar-refractivity contribution in [2.45, 2.75) is 26.2 Å². The molecule has 0 spiro atoms. The molecule has 112 valence electrons. The fourth-order valence-electron chi connectivity index (χ4n) is 3.38. The molecular formula is C17H19N5. The summed E-state index contributed by atoms with van der Waals surface area (Å²) in [5, 5.41) is 14.1. The van der Waals surface area contributed by atoms with Crippen LogP contribution in [0.5, 0.6) is 0 Å². The summed E-state index contributed by atoms with van der Waals surface area (Å²) in [5.41, 5.74) is 11.1. The molecule has 0 aromatic heterocycles. The summed E-state index contributed by atoms with van der Waals surface area (Å²) in [4.78, 5) is 0. The van der Waals surface area contributed by atoms with Crippen molar-refractivity contribution in [3.63, 3.8) is 0 Å². The summed E-state index contributed by atoms with van der Waals surface area (Å²) >= 11 is 0. The van der Waals surface area contributed by atoms with Crippen LogP contribution in [0.4, 0.5) is 0 Å². The number of hydrogen-bond donors (Lipinski definition) is 2. The van der Waals surface area contributed by atoms with Crippen molar-refractivity contribution >= 4 is 5.96 Å². The number of guanidine groups is 1. The zero-order valence-corrected chi connectivity index (χ0v) is 12.4. The molecule has 0 saturated heterocycles. The lowest BCUT2D eigenvalue weighted by Gasteiger charge is -2.38. The molecule has 5 heteroatoms. The van der Waals surface area contributed by atoms with Gasteiger partial charge < -0.3 is 5.73 Å². The van der Waals surface area contributed by atoms with Crippen LogP contribution in [0.25, 0.3) is 0 Å².